The van der Waals surface area contributed by atoms with Crippen LogP contribution in [0.1, 0.15) is 25.8 Å². The maximum absolute atomic E-state index is 12.6. The monoisotopic (exact) mass is 1800 g/mol. The summed E-state index contributed by atoms with van der Waals surface area (Å²) in [6, 6.07) is 5.83. The Morgan fingerprint density at radius 3 is 0.379 bits per heavy atom. The molecule has 612 valence electrons. The highest BCUT2D eigenvalue weighted by Gasteiger charge is 1.96. The Kier molecular flexibility index (Phi) is 90.2. The Morgan fingerprint density at radius 1 is 0.193 bits per heavy atom. The molecule has 0 spiro atoms. The first-order valence-electron chi connectivity index (χ1n) is 37.3. The van der Waals surface area contributed by atoms with Crippen LogP contribution >= 0.6 is 12.4 Å². The molecule has 0 aliphatic carbocycles. The number of benzene rings is 1. The molecule has 145 heavy (non-hydrogen) atoms. The van der Waals surface area contributed by atoms with Crippen molar-refractivity contribution < 1.29 is 13.9 Å². The molecular formula is C140H21ClFNO2. The third kappa shape index (κ3) is 109. The van der Waals surface area contributed by atoms with Gasteiger partial charge in [0.15, 0.2) is 0 Å². The first-order valence-corrected chi connectivity index (χ1v) is 37.3. The minimum Gasteiger partial charge on any atom is -0.462 e. The van der Waals surface area contributed by atoms with Crippen LogP contribution in [-0.2, 0) is 9.53 Å². The Balaban J connectivity index is 0. The minimum atomic E-state index is -0.419. The van der Waals surface area contributed by atoms with Crippen LogP contribution < -0.4 is 5.73 Å². The molecule has 1 aromatic carbocycles. The molecule has 0 aliphatic rings. The molecule has 0 fully saturated rings. The van der Waals surface area contributed by atoms with Gasteiger partial charge in [0.2, 0.25) is 0 Å². The van der Waals surface area contributed by atoms with E-state index in [0.29, 0.717) is 19.6 Å². The molecule has 1 rings (SSSR count). The van der Waals surface area contributed by atoms with Crippen LogP contribution in [0.4, 0.5) is 4.39 Å². The average Bonchev–Trinajstić information content (AvgIpc) is 0.923. The lowest BCUT2D eigenvalue weighted by molar-refractivity contribution is -0.137. The topological polar surface area (TPSA) is 52.3 Å². The van der Waals surface area contributed by atoms with Gasteiger partial charge in [-0.25, -0.2) is 9.18 Å². The summed E-state index contributed by atoms with van der Waals surface area (Å²) in [5, 5.41) is 0. The number of rotatable bonds is 5. The smallest absolute Gasteiger partial charge is 0.330 e. The van der Waals surface area contributed by atoms with Crippen molar-refractivity contribution in [1.82, 2.24) is 0 Å². The van der Waals surface area contributed by atoms with Gasteiger partial charge in [0, 0.05) is 645 Å². The van der Waals surface area contributed by atoms with E-state index in [0.717, 1.165) is 5.56 Å². The van der Waals surface area contributed by atoms with E-state index in [-0.39, 0.29) is 18.2 Å². The summed E-state index contributed by atoms with van der Waals surface area (Å²) in [5.41, 5.74) is 6.00. The van der Waals surface area contributed by atoms with Gasteiger partial charge in [0.25, 0.3) is 0 Å². The van der Waals surface area contributed by atoms with Crippen LogP contribution in [0.5, 0.6) is 0 Å². The summed E-state index contributed by atoms with van der Waals surface area (Å²) >= 11 is 0. The van der Waals surface area contributed by atoms with Gasteiger partial charge in [-0.05, 0) is 145 Å². The van der Waals surface area contributed by atoms with E-state index < -0.39 is 5.97 Å². The molecule has 3 nitrogen and oxygen atoms in total. The highest BCUT2D eigenvalue weighted by molar-refractivity contribution is 5.87. The summed E-state index contributed by atoms with van der Waals surface area (Å²) < 4.78 is 17.4. The lowest BCUT2D eigenvalue weighted by Crippen LogP contribution is -2.07. The second kappa shape index (κ2) is 111. The van der Waals surface area contributed by atoms with Crippen molar-refractivity contribution in [3.63, 3.8) is 0 Å². The number of ether oxygens (including phenoxy) is 1. The molecule has 0 aliphatic heterocycles. The SMILES string of the molecule is CC#CC#CC#CC#CC#CC#CC#CC#CC#CC#CC#CC#CC#CC#CC#CC#CC#CC#CC#CC#CC#CC#CC#CC#CC#CC#CC#CC#CC#CC#CC#CC#CC#CC#CC#CC#CC#CC#CC#CC#CC#CC#CC#CC#CC#CC#CC#CC#CC#CC#CC#CC#CC#CC#CC#CC#CC#CC#CC#CC#CC#CC#CC#CC.Cl.NCCCOC(=O)/C=C/c1ccc(F)cc1. The van der Waals surface area contributed by atoms with E-state index in [1.807, 2.05) is 0 Å². The van der Waals surface area contributed by atoms with Gasteiger partial charge < -0.3 is 10.5 Å². The Bertz CT molecular complexity index is 9240. The molecule has 0 heterocycles. The summed E-state index contributed by atoms with van der Waals surface area (Å²) in [4.78, 5) is 11.1. The van der Waals surface area contributed by atoms with E-state index in [9.17, 15) is 9.18 Å². The van der Waals surface area contributed by atoms with Crippen molar-refractivity contribution in [3.8, 4) is 746 Å². The first-order chi connectivity index (χ1) is 71.6. The Labute approximate surface area is 859 Å². The number of nitrogens with two attached hydrogens (primary N) is 1. The molecule has 0 aromatic heterocycles. The van der Waals surface area contributed by atoms with Crippen LogP contribution in [0.2, 0.25) is 0 Å². The fraction of sp³-hybridized carbons (Fsp3) is 0.0357. The highest BCUT2D eigenvalue weighted by atomic mass is 35.5. The van der Waals surface area contributed by atoms with Gasteiger partial charge in [-0.3, -0.25) is 0 Å². The Morgan fingerprint density at radius 2 is 0.290 bits per heavy atom. The second-order valence-corrected chi connectivity index (χ2v) is 19.2. The third-order valence-corrected chi connectivity index (χ3v) is 9.81. The summed E-state index contributed by atoms with van der Waals surface area (Å²) in [7, 11) is 0. The van der Waals surface area contributed by atoms with E-state index >= 15 is 0 Å². The quantitative estimate of drug-likeness (QED) is 0.213. The zero-order valence-corrected chi connectivity index (χ0v) is 75.1. The van der Waals surface area contributed by atoms with Gasteiger partial charge in [-0.1, -0.05) is 24.0 Å². The molecule has 0 radical (unpaired) electrons. The Hall–Kier alpha value is -29.1. The number of hydrogen-bond acceptors (Lipinski definition) is 3. The molecule has 0 saturated carbocycles. The summed E-state index contributed by atoms with van der Waals surface area (Å²) in [5.74, 6) is 315. The molecule has 0 saturated heterocycles. The van der Waals surface area contributed by atoms with Gasteiger partial charge in [0.1, 0.15) is 5.82 Å². The number of halogens is 2. The van der Waals surface area contributed by atoms with Crippen LogP contribution in [0.25, 0.3) is 6.08 Å². The minimum absolute atomic E-state index is 0. The predicted octanol–water partition coefficient (Wildman–Crippen LogP) is 3.39. The van der Waals surface area contributed by atoms with Crippen LogP contribution in [0, 0.1) is 752 Å². The number of carbonyl (C=O) groups is 1. The van der Waals surface area contributed by atoms with Gasteiger partial charge in [-0.15, -0.1) is 12.4 Å². The van der Waals surface area contributed by atoms with E-state index in [2.05, 4.69) is 746 Å². The standard InChI is InChI=1S/C128H6.C12H14FNO2.ClH/c1-3-5-7-9-11-13-15-17-19-21-23-25-27-29-31-33-35-37-39-41-43-45-47-49-51-53-55-57-59-61-63-65-67-69-71-73-75-77-79-81-83-85-87-89-91-93-95-97-99-101-103-105-107-109-111-113-115-117-119-121-123-125-127-128-126-124-122-120-118-116-114-112-110-108-106-104-102-100-98-96-94-92-90-88-86-84-82-80-78-76-74-72-70-68-66-64-62-60-58-56-54-52-50-48-46-44-42-40-38-36-34-32-30-28-26-24-22-20-18-16-14-12-10-8-6-4-2;13-11-5-2-10(3-6-11)4-7-12(15)16-9-1-8-14;/h1-2H3;2-7H,1,8-9,14H2;1H/b;7-4+;. The van der Waals surface area contributed by atoms with Crippen LogP contribution in [0.15, 0.2) is 30.3 Å². The van der Waals surface area contributed by atoms with Gasteiger partial charge in [0.05, 0.1) is 6.61 Å². The first kappa shape index (κ1) is 118. The fourth-order valence-corrected chi connectivity index (χ4v) is 4.98. The molecular weight excluding hydrogens is 1780 g/mol. The zero-order valence-electron chi connectivity index (χ0n) is 74.3. The molecule has 5 heteroatoms. The zero-order chi connectivity index (χ0) is 103. The average molecular weight is 1800 g/mol. The maximum atomic E-state index is 12.6. The van der Waals surface area contributed by atoms with Crippen molar-refractivity contribution in [2.45, 2.75) is 20.3 Å². The summed E-state index contributed by atoms with van der Waals surface area (Å²) in [6.07, 6.45) is 3.53. The molecule has 0 unspecified atom stereocenters. The molecule has 0 atom stereocenters. The third-order valence-electron chi connectivity index (χ3n) is 9.81. The lowest BCUT2D eigenvalue weighted by Gasteiger charge is -1.99. The van der Waals surface area contributed by atoms with E-state index in [1.165, 1.54) is 18.2 Å². The van der Waals surface area contributed by atoms with Crippen molar-refractivity contribution in [1.29, 1.82) is 0 Å². The normalized spacial score (nSPS) is 4.69. The molecule has 1 aromatic rings. The van der Waals surface area contributed by atoms with E-state index in [4.69, 9.17) is 10.5 Å². The molecule has 0 amide bonds. The van der Waals surface area contributed by atoms with Crippen molar-refractivity contribution in [2.24, 2.45) is 5.73 Å². The summed E-state index contributed by atoms with van der Waals surface area (Å²) in [6.45, 7) is 4.18. The van der Waals surface area contributed by atoms with Crippen molar-refractivity contribution in [3.05, 3.63) is 41.7 Å². The van der Waals surface area contributed by atoms with Gasteiger partial charge >= 0.3 is 5.97 Å². The maximum Gasteiger partial charge on any atom is 0.330 e. The van der Waals surface area contributed by atoms with E-state index in [1.54, 1.807) is 32.1 Å². The number of hydrogen-bond donors (Lipinski definition) is 1. The van der Waals surface area contributed by atoms with Crippen molar-refractivity contribution >= 4 is 24.5 Å². The second-order valence-electron chi connectivity index (χ2n) is 19.2. The predicted molar refractivity (Wildman–Crippen MR) is 569 cm³/mol. The highest BCUT2D eigenvalue weighted by Crippen LogP contribution is 2.05. The molecule has 2 N–H and O–H groups in total. The van der Waals surface area contributed by atoms with Crippen LogP contribution in [-0.4, -0.2) is 19.1 Å². The largest absolute Gasteiger partial charge is 0.462 e. The molecule has 0 bridgehead atoms. The fourth-order valence-electron chi connectivity index (χ4n) is 4.98. The number of esters is 1. The van der Waals surface area contributed by atoms with Crippen molar-refractivity contribution in [2.75, 3.05) is 13.2 Å². The lowest BCUT2D eigenvalue weighted by atomic mass is 10.2. The number of carbonyl (C=O) groups excluding carboxylic acids is 1. The van der Waals surface area contributed by atoms with Crippen LogP contribution in [0.3, 0.4) is 0 Å². The van der Waals surface area contributed by atoms with Gasteiger partial charge in [-0.2, -0.15) is 0 Å².